The number of hydroxylamine groups is 2. The average Bonchev–Trinajstić information content (AvgIpc) is 2.27. The summed E-state index contributed by atoms with van der Waals surface area (Å²) in [6.07, 6.45) is 1.15. The van der Waals surface area contributed by atoms with Crippen LogP contribution in [0.2, 0.25) is 0 Å². The first kappa shape index (κ1) is 11.0. The van der Waals surface area contributed by atoms with Crippen LogP contribution in [0.15, 0.2) is 0 Å². The van der Waals surface area contributed by atoms with Gasteiger partial charge in [-0.25, -0.2) is 0 Å². The van der Waals surface area contributed by atoms with Crippen molar-refractivity contribution in [1.82, 2.24) is 5.06 Å². The topological polar surface area (TPSA) is 12.5 Å². The van der Waals surface area contributed by atoms with Crippen molar-refractivity contribution < 1.29 is 4.84 Å². The van der Waals surface area contributed by atoms with Crippen LogP contribution in [-0.2, 0) is 4.84 Å². The van der Waals surface area contributed by atoms with Crippen LogP contribution in [0.25, 0.3) is 0 Å². The summed E-state index contributed by atoms with van der Waals surface area (Å²) in [7, 11) is 0. The van der Waals surface area contributed by atoms with E-state index in [1.165, 1.54) is 0 Å². The lowest BCUT2D eigenvalue weighted by atomic mass is 9.84. The van der Waals surface area contributed by atoms with Gasteiger partial charge in [0.15, 0.2) is 0 Å². The van der Waals surface area contributed by atoms with Crippen molar-refractivity contribution in [3.8, 4) is 0 Å². The summed E-state index contributed by atoms with van der Waals surface area (Å²) >= 11 is 0. The SMILES string of the molecule is CC(C)(C)C1CCON1C(C)(C)C. The minimum absolute atomic E-state index is 0.119. The highest BCUT2D eigenvalue weighted by atomic mass is 16.7. The van der Waals surface area contributed by atoms with Gasteiger partial charge in [0, 0.05) is 11.6 Å². The Kier molecular flexibility index (Phi) is 2.75. The Bertz CT molecular complexity index is 156. The molecule has 0 saturated carbocycles. The van der Waals surface area contributed by atoms with Crippen molar-refractivity contribution in [2.45, 2.75) is 59.5 Å². The van der Waals surface area contributed by atoms with Crippen LogP contribution in [0.4, 0.5) is 0 Å². The van der Waals surface area contributed by atoms with Crippen LogP contribution in [-0.4, -0.2) is 23.3 Å². The Hall–Kier alpha value is -0.0800. The molecule has 1 aliphatic heterocycles. The second-order valence-electron chi connectivity index (χ2n) is 6.00. The summed E-state index contributed by atoms with van der Waals surface area (Å²) in [6, 6.07) is 0.549. The third kappa shape index (κ3) is 2.44. The summed E-state index contributed by atoms with van der Waals surface area (Å²) in [4.78, 5) is 5.69. The molecule has 0 N–H and O–H groups in total. The predicted molar refractivity (Wildman–Crippen MR) is 55.4 cm³/mol. The van der Waals surface area contributed by atoms with Crippen molar-refractivity contribution in [2.24, 2.45) is 5.41 Å². The number of hydrogen-bond donors (Lipinski definition) is 0. The molecule has 1 fully saturated rings. The zero-order chi connectivity index (χ0) is 10.3. The van der Waals surface area contributed by atoms with Gasteiger partial charge >= 0.3 is 0 Å². The molecule has 0 bridgehead atoms. The van der Waals surface area contributed by atoms with Gasteiger partial charge in [0.1, 0.15) is 0 Å². The van der Waals surface area contributed by atoms with E-state index in [9.17, 15) is 0 Å². The lowest BCUT2D eigenvalue weighted by Crippen LogP contribution is -2.48. The molecule has 2 nitrogen and oxygen atoms in total. The molecule has 1 rings (SSSR count). The van der Waals surface area contributed by atoms with Gasteiger partial charge in [-0.1, -0.05) is 20.8 Å². The van der Waals surface area contributed by atoms with Crippen molar-refractivity contribution in [3.63, 3.8) is 0 Å². The summed E-state index contributed by atoms with van der Waals surface area (Å²) < 4.78 is 0. The number of rotatable bonds is 0. The molecule has 0 aliphatic carbocycles. The Morgan fingerprint density at radius 3 is 1.92 bits per heavy atom. The van der Waals surface area contributed by atoms with Gasteiger partial charge in [-0.3, -0.25) is 4.84 Å². The maximum atomic E-state index is 5.69. The normalized spacial score (nSPS) is 26.8. The van der Waals surface area contributed by atoms with E-state index in [0.717, 1.165) is 13.0 Å². The van der Waals surface area contributed by atoms with Crippen LogP contribution in [0.1, 0.15) is 48.0 Å². The van der Waals surface area contributed by atoms with E-state index < -0.39 is 0 Å². The maximum absolute atomic E-state index is 5.69. The molecule has 78 valence electrons. The first-order valence-electron chi connectivity index (χ1n) is 5.15. The Morgan fingerprint density at radius 1 is 1.08 bits per heavy atom. The molecular weight excluding hydrogens is 162 g/mol. The molecule has 0 amide bonds. The first-order chi connectivity index (χ1) is 5.73. The van der Waals surface area contributed by atoms with E-state index in [4.69, 9.17) is 4.84 Å². The summed E-state index contributed by atoms with van der Waals surface area (Å²) in [5.41, 5.74) is 0.429. The highest BCUT2D eigenvalue weighted by Crippen LogP contribution is 2.35. The quantitative estimate of drug-likeness (QED) is 0.575. The van der Waals surface area contributed by atoms with Gasteiger partial charge in [0.05, 0.1) is 6.61 Å². The van der Waals surface area contributed by atoms with Crippen LogP contribution >= 0.6 is 0 Å². The van der Waals surface area contributed by atoms with E-state index in [0.29, 0.717) is 11.5 Å². The standard InChI is InChI=1S/C11H23NO/c1-10(2,3)9-7-8-13-12(9)11(4,5)6/h9H,7-8H2,1-6H3. The van der Waals surface area contributed by atoms with Crippen molar-refractivity contribution in [1.29, 1.82) is 0 Å². The molecule has 0 aromatic rings. The van der Waals surface area contributed by atoms with E-state index in [-0.39, 0.29) is 5.54 Å². The molecule has 1 heterocycles. The number of nitrogens with zero attached hydrogens (tertiary/aromatic N) is 1. The van der Waals surface area contributed by atoms with Gasteiger partial charge in [-0.05, 0) is 32.6 Å². The van der Waals surface area contributed by atoms with E-state index in [1.807, 2.05) is 0 Å². The Balaban J connectivity index is 2.76. The highest BCUT2D eigenvalue weighted by Gasteiger charge is 2.40. The minimum atomic E-state index is 0.119. The van der Waals surface area contributed by atoms with Crippen molar-refractivity contribution in [3.05, 3.63) is 0 Å². The molecule has 0 aromatic carbocycles. The molecule has 13 heavy (non-hydrogen) atoms. The third-order valence-corrected chi connectivity index (χ3v) is 2.57. The molecule has 2 heteroatoms. The molecule has 1 atom stereocenters. The average molecular weight is 185 g/mol. The zero-order valence-electron chi connectivity index (χ0n) is 9.85. The largest absolute Gasteiger partial charge is 0.298 e. The minimum Gasteiger partial charge on any atom is -0.298 e. The maximum Gasteiger partial charge on any atom is 0.0701 e. The van der Waals surface area contributed by atoms with Crippen molar-refractivity contribution >= 4 is 0 Å². The second-order valence-corrected chi connectivity index (χ2v) is 6.00. The van der Waals surface area contributed by atoms with Gasteiger partial charge in [-0.2, -0.15) is 5.06 Å². The lowest BCUT2D eigenvalue weighted by Gasteiger charge is -2.40. The molecule has 0 radical (unpaired) electrons. The van der Waals surface area contributed by atoms with Crippen LogP contribution in [0, 0.1) is 5.41 Å². The predicted octanol–water partition coefficient (Wildman–Crippen LogP) is 2.84. The van der Waals surface area contributed by atoms with Gasteiger partial charge in [0.2, 0.25) is 0 Å². The molecule has 0 aromatic heterocycles. The zero-order valence-corrected chi connectivity index (χ0v) is 9.85. The highest BCUT2D eigenvalue weighted by molar-refractivity contribution is 4.88. The summed E-state index contributed by atoms with van der Waals surface area (Å²) in [5, 5.41) is 2.17. The lowest BCUT2D eigenvalue weighted by molar-refractivity contribution is -0.202. The Morgan fingerprint density at radius 2 is 1.62 bits per heavy atom. The van der Waals surface area contributed by atoms with Crippen molar-refractivity contribution in [2.75, 3.05) is 6.61 Å². The molecule has 1 aliphatic rings. The molecular formula is C11H23NO. The van der Waals surface area contributed by atoms with E-state index in [2.05, 4.69) is 46.6 Å². The van der Waals surface area contributed by atoms with E-state index in [1.54, 1.807) is 0 Å². The summed E-state index contributed by atoms with van der Waals surface area (Å²) in [5.74, 6) is 0. The fourth-order valence-corrected chi connectivity index (χ4v) is 1.92. The summed E-state index contributed by atoms with van der Waals surface area (Å²) in [6.45, 7) is 14.3. The fourth-order valence-electron chi connectivity index (χ4n) is 1.92. The van der Waals surface area contributed by atoms with E-state index >= 15 is 0 Å². The molecule has 1 saturated heterocycles. The fraction of sp³-hybridized carbons (Fsp3) is 1.00. The second kappa shape index (κ2) is 3.25. The smallest absolute Gasteiger partial charge is 0.0701 e. The van der Waals surface area contributed by atoms with Crippen LogP contribution < -0.4 is 0 Å². The molecule has 1 unspecified atom stereocenters. The van der Waals surface area contributed by atoms with Crippen LogP contribution in [0.3, 0.4) is 0 Å². The first-order valence-corrected chi connectivity index (χ1v) is 5.15. The number of hydrogen-bond acceptors (Lipinski definition) is 2. The molecule has 0 spiro atoms. The van der Waals surface area contributed by atoms with Gasteiger partial charge in [-0.15, -0.1) is 0 Å². The van der Waals surface area contributed by atoms with Crippen LogP contribution in [0.5, 0.6) is 0 Å². The van der Waals surface area contributed by atoms with Gasteiger partial charge < -0.3 is 0 Å². The third-order valence-electron chi connectivity index (χ3n) is 2.57. The monoisotopic (exact) mass is 185 g/mol. The Labute approximate surface area is 82.2 Å². The van der Waals surface area contributed by atoms with Gasteiger partial charge in [0.25, 0.3) is 0 Å².